The van der Waals surface area contributed by atoms with Gasteiger partial charge in [-0.2, -0.15) is 0 Å². The van der Waals surface area contributed by atoms with Crippen molar-refractivity contribution in [2.45, 2.75) is 71.4 Å². The first-order valence-corrected chi connectivity index (χ1v) is 8.83. The molecule has 1 aromatic carbocycles. The summed E-state index contributed by atoms with van der Waals surface area (Å²) in [5.41, 5.74) is 5.20. The molecule has 0 unspecified atom stereocenters. The minimum atomic E-state index is 0.472. The van der Waals surface area contributed by atoms with Crippen LogP contribution in [0, 0.1) is 0 Å². The van der Waals surface area contributed by atoms with Crippen LogP contribution in [-0.4, -0.2) is 11.0 Å². The van der Waals surface area contributed by atoms with Gasteiger partial charge in [-0.15, -0.1) is 0 Å². The van der Waals surface area contributed by atoms with E-state index < -0.39 is 0 Å². The lowest BCUT2D eigenvalue weighted by molar-refractivity contribution is 0.525. The van der Waals surface area contributed by atoms with Gasteiger partial charge in [0.05, 0.1) is 5.52 Å². The van der Waals surface area contributed by atoms with Gasteiger partial charge in [-0.05, 0) is 42.4 Å². The number of benzene rings is 1. The van der Waals surface area contributed by atoms with E-state index in [0.717, 1.165) is 13.0 Å². The second-order valence-electron chi connectivity index (χ2n) is 6.89. The molecule has 0 amide bonds. The largest absolute Gasteiger partial charge is 0.310 e. The van der Waals surface area contributed by atoms with Crippen molar-refractivity contribution in [2.24, 2.45) is 0 Å². The highest BCUT2D eigenvalue weighted by Gasteiger charge is 2.16. The molecule has 0 atom stereocenters. The highest BCUT2D eigenvalue weighted by atomic mass is 14.9. The third kappa shape index (κ3) is 3.17. The highest BCUT2D eigenvalue weighted by molar-refractivity contribution is 5.85. The normalized spacial score (nSPS) is 16.0. The molecule has 2 nitrogen and oxygen atoms in total. The molecule has 1 aliphatic carbocycles. The molecule has 1 aromatic heterocycles. The Kier molecular flexibility index (Phi) is 4.77. The van der Waals surface area contributed by atoms with Gasteiger partial charge in [0.1, 0.15) is 0 Å². The SMILES string of the molecule is CCc1cccc2c(CNC3CCCC3)cc(C(C)C)nc12. The van der Waals surface area contributed by atoms with Gasteiger partial charge < -0.3 is 5.32 Å². The molecule has 0 saturated heterocycles. The van der Waals surface area contributed by atoms with E-state index in [9.17, 15) is 0 Å². The molecular weight excluding hydrogens is 268 g/mol. The zero-order chi connectivity index (χ0) is 15.5. The van der Waals surface area contributed by atoms with Crippen molar-refractivity contribution in [1.82, 2.24) is 10.3 Å². The maximum Gasteiger partial charge on any atom is 0.0740 e. The van der Waals surface area contributed by atoms with Gasteiger partial charge in [-0.25, -0.2) is 0 Å². The van der Waals surface area contributed by atoms with Crippen LogP contribution in [-0.2, 0) is 13.0 Å². The summed E-state index contributed by atoms with van der Waals surface area (Å²) in [5.74, 6) is 0.472. The number of aryl methyl sites for hydroxylation is 1. The minimum absolute atomic E-state index is 0.472. The Morgan fingerprint density at radius 3 is 2.64 bits per heavy atom. The maximum atomic E-state index is 4.96. The Morgan fingerprint density at radius 1 is 1.18 bits per heavy atom. The van der Waals surface area contributed by atoms with E-state index in [2.05, 4.69) is 50.4 Å². The molecule has 1 saturated carbocycles. The van der Waals surface area contributed by atoms with Crippen molar-refractivity contribution >= 4 is 10.9 Å². The zero-order valence-electron chi connectivity index (χ0n) is 14.2. The number of aromatic nitrogens is 1. The van der Waals surface area contributed by atoms with E-state index in [1.165, 1.54) is 53.4 Å². The number of rotatable bonds is 5. The van der Waals surface area contributed by atoms with Crippen molar-refractivity contribution in [3.8, 4) is 0 Å². The summed E-state index contributed by atoms with van der Waals surface area (Å²) in [6.45, 7) is 7.65. The molecule has 1 N–H and O–H groups in total. The predicted octanol–water partition coefficient (Wildman–Crippen LogP) is 4.95. The summed E-state index contributed by atoms with van der Waals surface area (Å²) >= 11 is 0. The Morgan fingerprint density at radius 2 is 1.95 bits per heavy atom. The van der Waals surface area contributed by atoms with Crippen molar-refractivity contribution in [3.63, 3.8) is 0 Å². The fourth-order valence-electron chi connectivity index (χ4n) is 3.51. The Balaban J connectivity index is 1.98. The predicted molar refractivity (Wildman–Crippen MR) is 94.3 cm³/mol. The first-order valence-electron chi connectivity index (χ1n) is 8.83. The van der Waals surface area contributed by atoms with E-state index in [4.69, 9.17) is 4.98 Å². The summed E-state index contributed by atoms with van der Waals surface area (Å²) in [4.78, 5) is 4.96. The van der Waals surface area contributed by atoms with Crippen LogP contribution < -0.4 is 5.32 Å². The molecular formula is C20H28N2. The molecule has 3 rings (SSSR count). The van der Waals surface area contributed by atoms with E-state index in [1.807, 2.05) is 0 Å². The van der Waals surface area contributed by atoms with E-state index in [1.54, 1.807) is 0 Å². The number of para-hydroxylation sites is 1. The van der Waals surface area contributed by atoms with Gasteiger partial charge in [0, 0.05) is 23.7 Å². The van der Waals surface area contributed by atoms with Crippen LogP contribution >= 0.6 is 0 Å². The molecule has 0 radical (unpaired) electrons. The van der Waals surface area contributed by atoms with E-state index in [0.29, 0.717) is 12.0 Å². The molecule has 1 aliphatic rings. The standard InChI is InChI=1S/C20H28N2/c1-4-15-8-7-11-18-16(13-21-17-9-5-6-10-17)12-19(14(2)3)22-20(15)18/h7-8,11-12,14,17,21H,4-6,9-10,13H2,1-3H3. The maximum absolute atomic E-state index is 4.96. The molecule has 118 valence electrons. The summed E-state index contributed by atoms with van der Waals surface area (Å²) in [7, 11) is 0. The highest BCUT2D eigenvalue weighted by Crippen LogP contribution is 2.26. The molecule has 2 heteroatoms. The molecule has 0 aliphatic heterocycles. The number of pyridine rings is 1. The Labute approximate surface area is 134 Å². The number of hydrogen-bond donors (Lipinski definition) is 1. The van der Waals surface area contributed by atoms with E-state index in [-0.39, 0.29) is 0 Å². The first-order chi connectivity index (χ1) is 10.7. The van der Waals surface area contributed by atoms with E-state index >= 15 is 0 Å². The van der Waals surface area contributed by atoms with Gasteiger partial charge in [0.15, 0.2) is 0 Å². The lowest BCUT2D eigenvalue weighted by atomic mass is 9.99. The van der Waals surface area contributed by atoms with Gasteiger partial charge in [0.2, 0.25) is 0 Å². The summed E-state index contributed by atoms with van der Waals surface area (Å²) in [5, 5.41) is 5.09. The molecule has 22 heavy (non-hydrogen) atoms. The van der Waals surface area contributed by atoms with Gasteiger partial charge in [0.25, 0.3) is 0 Å². The molecule has 1 fully saturated rings. The van der Waals surface area contributed by atoms with Crippen LogP contribution in [0.5, 0.6) is 0 Å². The third-order valence-corrected chi connectivity index (χ3v) is 4.94. The molecule has 0 spiro atoms. The fourth-order valence-corrected chi connectivity index (χ4v) is 3.51. The number of nitrogens with zero attached hydrogens (tertiary/aromatic N) is 1. The van der Waals surface area contributed by atoms with Crippen molar-refractivity contribution in [2.75, 3.05) is 0 Å². The first kappa shape index (κ1) is 15.5. The minimum Gasteiger partial charge on any atom is -0.310 e. The summed E-state index contributed by atoms with van der Waals surface area (Å²) in [6.07, 6.45) is 6.47. The fraction of sp³-hybridized carbons (Fsp3) is 0.550. The smallest absolute Gasteiger partial charge is 0.0740 e. The average Bonchev–Trinajstić information content (AvgIpc) is 3.05. The summed E-state index contributed by atoms with van der Waals surface area (Å²) in [6, 6.07) is 9.65. The number of nitrogens with one attached hydrogen (secondary N) is 1. The Bertz CT molecular complexity index is 639. The quantitative estimate of drug-likeness (QED) is 0.844. The van der Waals surface area contributed by atoms with Crippen LogP contribution in [0.3, 0.4) is 0 Å². The van der Waals surface area contributed by atoms with Gasteiger partial charge in [-0.3, -0.25) is 4.98 Å². The van der Waals surface area contributed by atoms with Crippen LogP contribution in [0.2, 0.25) is 0 Å². The van der Waals surface area contributed by atoms with Crippen LogP contribution in [0.4, 0.5) is 0 Å². The lowest BCUT2D eigenvalue weighted by Crippen LogP contribution is -2.25. The van der Waals surface area contributed by atoms with Crippen molar-refractivity contribution < 1.29 is 0 Å². The van der Waals surface area contributed by atoms with Gasteiger partial charge >= 0.3 is 0 Å². The lowest BCUT2D eigenvalue weighted by Gasteiger charge is -2.16. The Hall–Kier alpha value is -1.41. The molecule has 2 aromatic rings. The van der Waals surface area contributed by atoms with Crippen LogP contribution in [0.15, 0.2) is 24.3 Å². The zero-order valence-corrected chi connectivity index (χ0v) is 14.2. The van der Waals surface area contributed by atoms with Crippen LogP contribution in [0.25, 0.3) is 10.9 Å². The monoisotopic (exact) mass is 296 g/mol. The van der Waals surface area contributed by atoms with Gasteiger partial charge in [-0.1, -0.05) is 51.8 Å². The molecule has 0 bridgehead atoms. The number of hydrogen-bond acceptors (Lipinski definition) is 2. The van der Waals surface area contributed by atoms with Crippen molar-refractivity contribution in [3.05, 3.63) is 41.1 Å². The molecule has 1 heterocycles. The second kappa shape index (κ2) is 6.78. The number of fused-ring (bicyclic) bond motifs is 1. The average molecular weight is 296 g/mol. The third-order valence-electron chi connectivity index (χ3n) is 4.94. The van der Waals surface area contributed by atoms with Crippen molar-refractivity contribution in [1.29, 1.82) is 0 Å². The second-order valence-corrected chi connectivity index (χ2v) is 6.89. The topological polar surface area (TPSA) is 24.9 Å². The van der Waals surface area contributed by atoms with Crippen LogP contribution in [0.1, 0.15) is 69.2 Å². The summed E-state index contributed by atoms with van der Waals surface area (Å²) < 4.78 is 0.